The number of anilines is 1. The zero-order valence-electron chi connectivity index (χ0n) is 16.0. The fraction of sp³-hybridized carbons (Fsp3) is 0.450. The van der Waals surface area contributed by atoms with Crippen LogP contribution in [0.15, 0.2) is 30.5 Å². The van der Waals surface area contributed by atoms with Gasteiger partial charge in [0.25, 0.3) is 5.91 Å². The van der Waals surface area contributed by atoms with E-state index in [0.29, 0.717) is 33.5 Å². The summed E-state index contributed by atoms with van der Waals surface area (Å²) in [7, 11) is 0. The lowest BCUT2D eigenvalue weighted by atomic mass is 9.79. The van der Waals surface area contributed by atoms with Gasteiger partial charge in [-0.3, -0.25) is 14.5 Å². The van der Waals surface area contributed by atoms with Crippen molar-refractivity contribution < 1.29 is 14.3 Å². The number of fused-ring (bicyclic) bond motifs is 3. The number of thiazole rings is 1. The standard InChI is InChI=1S/C20H24N4O3S/c1-12-18(14-7-9-24(12)10-8-14)23-19(26)15-3-5-16(6-4-15)27-17-11-21-20(28-17)22-13(2)25/h3-6,11-12,14,18H,7-10H2,1-2H3,(H,23,26)(H,21,22,25)/t12-,18+/m1/s1. The molecule has 3 saturated heterocycles. The highest BCUT2D eigenvalue weighted by Crippen LogP contribution is 2.33. The summed E-state index contributed by atoms with van der Waals surface area (Å²) < 4.78 is 5.75. The van der Waals surface area contributed by atoms with Crippen molar-refractivity contribution >= 4 is 28.3 Å². The fourth-order valence-electron chi connectivity index (χ4n) is 4.09. The molecule has 2 amide bonds. The van der Waals surface area contributed by atoms with E-state index in [0.717, 1.165) is 25.9 Å². The molecule has 0 aliphatic carbocycles. The molecule has 0 unspecified atom stereocenters. The predicted octanol–water partition coefficient (Wildman–Crippen LogP) is 3.11. The summed E-state index contributed by atoms with van der Waals surface area (Å²) in [6.45, 7) is 5.93. The van der Waals surface area contributed by atoms with Crippen LogP contribution in [0.3, 0.4) is 0 Å². The first-order valence-electron chi connectivity index (χ1n) is 9.56. The average molecular weight is 401 g/mol. The van der Waals surface area contributed by atoms with Crippen LogP contribution in [0.2, 0.25) is 0 Å². The Hall–Kier alpha value is -2.45. The van der Waals surface area contributed by atoms with Gasteiger partial charge in [0.05, 0.1) is 6.20 Å². The van der Waals surface area contributed by atoms with Gasteiger partial charge in [0.15, 0.2) is 5.13 Å². The first-order valence-corrected chi connectivity index (χ1v) is 10.4. The molecular formula is C20H24N4O3S. The molecule has 3 aliphatic heterocycles. The molecule has 0 saturated carbocycles. The Balaban J connectivity index is 1.37. The summed E-state index contributed by atoms with van der Waals surface area (Å²) in [5, 5.41) is 6.92. The summed E-state index contributed by atoms with van der Waals surface area (Å²) in [5.74, 6) is 0.984. The number of rotatable bonds is 5. The second kappa shape index (κ2) is 7.89. The van der Waals surface area contributed by atoms with E-state index in [1.54, 1.807) is 30.5 Å². The largest absolute Gasteiger partial charge is 0.445 e. The maximum atomic E-state index is 12.7. The normalized spacial score (nSPS) is 25.9. The summed E-state index contributed by atoms with van der Waals surface area (Å²) in [6.07, 6.45) is 3.89. The van der Waals surface area contributed by atoms with Crippen LogP contribution in [-0.4, -0.2) is 46.9 Å². The lowest BCUT2D eigenvalue weighted by Crippen LogP contribution is -2.62. The molecule has 0 radical (unpaired) electrons. The van der Waals surface area contributed by atoms with E-state index < -0.39 is 0 Å². The maximum Gasteiger partial charge on any atom is 0.251 e. The van der Waals surface area contributed by atoms with Crippen molar-refractivity contribution in [2.24, 2.45) is 5.92 Å². The Bertz CT molecular complexity index is 857. The van der Waals surface area contributed by atoms with Crippen LogP contribution in [0.4, 0.5) is 5.13 Å². The number of amides is 2. The van der Waals surface area contributed by atoms with Gasteiger partial charge in [0.1, 0.15) is 5.75 Å². The van der Waals surface area contributed by atoms with E-state index in [9.17, 15) is 9.59 Å². The predicted molar refractivity (Wildman–Crippen MR) is 108 cm³/mol. The smallest absolute Gasteiger partial charge is 0.251 e. The Labute approximate surface area is 168 Å². The van der Waals surface area contributed by atoms with Crippen molar-refractivity contribution in [3.63, 3.8) is 0 Å². The van der Waals surface area contributed by atoms with Gasteiger partial charge in [-0.1, -0.05) is 11.3 Å². The second-order valence-electron chi connectivity index (χ2n) is 7.41. The number of nitrogens with zero attached hydrogens (tertiary/aromatic N) is 2. The zero-order chi connectivity index (χ0) is 19.7. The zero-order valence-corrected chi connectivity index (χ0v) is 16.8. The second-order valence-corrected chi connectivity index (χ2v) is 8.40. The number of carbonyl (C=O) groups excluding carboxylic acids is 2. The van der Waals surface area contributed by atoms with Gasteiger partial charge in [-0.25, -0.2) is 4.98 Å². The van der Waals surface area contributed by atoms with Crippen molar-refractivity contribution in [3.8, 4) is 10.8 Å². The molecule has 4 heterocycles. The molecule has 148 valence electrons. The van der Waals surface area contributed by atoms with Crippen LogP contribution in [0.25, 0.3) is 0 Å². The Morgan fingerprint density at radius 3 is 2.57 bits per heavy atom. The SMILES string of the molecule is CC(=O)Nc1ncc(Oc2ccc(C(=O)N[C@@H]3C4CCN(CC4)[C@@H]3C)cc2)s1. The summed E-state index contributed by atoms with van der Waals surface area (Å²) in [4.78, 5) is 30.3. The number of carbonyl (C=O) groups is 2. The maximum absolute atomic E-state index is 12.7. The van der Waals surface area contributed by atoms with Crippen molar-refractivity contribution in [1.29, 1.82) is 0 Å². The third-order valence-corrected chi connectivity index (χ3v) is 6.37. The summed E-state index contributed by atoms with van der Waals surface area (Å²) >= 11 is 1.25. The summed E-state index contributed by atoms with van der Waals surface area (Å²) in [6, 6.07) is 7.69. The highest BCUT2D eigenvalue weighted by molar-refractivity contribution is 7.17. The van der Waals surface area contributed by atoms with Gasteiger partial charge < -0.3 is 15.4 Å². The van der Waals surface area contributed by atoms with Gasteiger partial charge in [0, 0.05) is 24.6 Å². The summed E-state index contributed by atoms with van der Waals surface area (Å²) in [5.41, 5.74) is 0.624. The number of nitrogens with one attached hydrogen (secondary N) is 2. The quantitative estimate of drug-likeness (QED) is 0.806. The van der Waals surface area contributed by atoms with Crippen LogP contribution in [0, 0.1) is 5.92 Å². The fourth-order valence-corrected chi connectivity index (χ4v) is 4.82. The van der Waals surface area contributed by atoms with Crippen LogP contribution in [-0.2, 0) is 4.79 Å². The molecule has 8 heteroatoms. The number of ether oxygens (including phenoxy) is 1. The van der Waals surface area contributed by atoms with Crippen molar-refractivity contribution in [2.45, 2.75) is 38.8 Å². The van der Waals surface area contributed by atoms with Crippen LogP contribution in [0.1, 0.15) is 37.0 Å². The number of piperidine rings is 3. The van der Waals surface area contributed by atoms with Gasteiger partial charge in [-0.2, -0.15) is 0 Å². The topological polar surface area (TPSA) is 83.6 Å². The lowest BCUT2D eigenvalue weighted by molar-refractivity contribution is -0.114. The third kappa shape index (κ3) is 4.02. The number of hydrogen-bond acceptors (Lipinski definition) is 6. The molecule has 2 bridgehead atoms. The van der Waals surface area contributed by atoms with Crippen molar-refractivity contribution in [3.05, 3.63) is 36.0 Å². The molecule has 7 nitrogen and oxygen atoms in total. The van der Waals surface area contributed by atoms with Crippen molar-refractivity contribution in [2.75, 3.05) is 18.4 Å². The van der Waals surface area contributed by atoms with Crippen LogP contribution >= 0.6 is 11.3 Å². The Morgan fingerprint density at radius 2 is 1.93 bits per heavy atom. The molecular weight excluding hydrogens is 376 g/mol. The molecule has 5 rings (SSSR count). The van der Waals surface area contributed by atoms with Crippen LogP contribution < -0.4 is 15.4 Å². The molecule has 1 aromatic heterocycles. The molecule has 1 aromatic carbocycles. The Kier molecular flexibility index (Phi) is 5.32. The third-order valence-electron chi connectivity index (χ3n) is 5.58. The first-order chi connectivity index (χ1) is 13.5. The average Bonchev–Trinajstić information content (AvgIpc) is 3.11. The molecule has 2 N–H and O–H groups in total. The highest BCUT2D eigenvalue weighted by Gasteiger charge is 2.40. The van der Waals surface area contributed by atoms with Gasteiger partial charge in [-0.05, 0) is 63.0 Å². The van der Waals surface area contributed by atoms with Crippen LogP contribution in [0.5, 0.6) is 10.8 Å². The molecule has 28 heavy (non-hydrogen) atoms. The highest BCUT2D eigenvalue weighted by atomic mass is 32.1. The number of aromatic nitrogens is 1. The first kappa shape index (κ1) is 18.9. The van der Waals surface area contributed by atoms with Gasteiger partial charge >= 0.3 is 0 Å². The molecule has 0 spiro atoms. The van der Waals surface area contributed by atoms with E-state index in [1.165, 1.54) is 18.3 Å². The lowest BCUT2D eigenvalue weighted by Gasteiger charge is -2.49. The van der Waals surface area contributed by atoms with E-state index >= 15 is 0 Å². The minimum absolute atomic E-state index is 0.0390. The molecule has 2 atom stereocenters. The van der Waals surface area contributed by atoms with E-state index in [2.05, 4.69) is 27.4 Å². The van der Waals surface area contributed by atoms with Crippen molar-refractivity contribution in [1.82, 2.24) is 15.2 Å². The minimum Gasteiger partial charge on any atom is -0.445 e. The minimum atomic E-state index is -0.173. The monoisotopic (exact) mass is 400 g/mol. The molecule has 2 aromatic rings. The van der Waals surface area contributed by atoms with E-state index in [-0.39, 0.29) is 17.9 Å². The molecule has 3 fully saturated rings. The van der Waals surface area contributed by atoms with E-state index in [1.807, 2.05) is 0 Å². The van der Waals surface area contributed by atoms with Gasteiger partial charge in [-0.15, -0.1) is 0 Å². The van der Waals surface area contributed by atoms with Gasteiger partial charge in [0.2, 0.25) is 11.0 Å². The number of benzene rings is 1. The molecule has 3 aliphatic rings. The van der Waals surface area contributed by atoms with E-state index in [4.69, 9.17) is 4.74 Å². The number of hydrogen-bond donors (Lipinski definition) is 2. The Morgan fingerprint density at radius 1 is 1.21 bits per heavy atom.